The average molecular weight is 316 g/mol. The van der Waals surface area contributed by atoms with Crippen LogP contribution in [0.4, 0.5) is 0 Å². The largest absolute Gasteiger partial charge is 0.497 e. The molecule has 2 aromatic rings. The zero-order chi connectivity index (χ0) is 16.7. The summed E-state index contributed by atoms with van der Waals surface area (Å²) in [5, 5.41) is 3.54. The van der Waals surface area contributed by atoms with Crippen LogP contribution in [0.25, 0.3) is 0 Å². The third-order valence-corrected chi connectivity index (χ3v) is 4.26. The van der Waals surface area contributed by atoms with E-state index >= 15 is 0 Å². The van der Waals surface area contributed by atoms with Gasteiger partial charge in [-0.15, -0.1) is 0 Å². The number of aryl methyl sites for hydroxylation is 1. The molecule has 0 bridgehead atoms. The maximum atomic E-state index is 5.18. The van der Waals surface area contributed by atoms with Crippen molar-refractivity contribution in [3.05, 3.63) is 52.8 Å². The van der Waals surface area contributed by atoms with Crippen molar-refractivity contribution in [3.63, 3.8) is 0 Å². The van der Waals surface area contributed by atoms with E-state index in [0.717, 1.165) is 38.4 Å². The summed E-state index contributed by atoms with van der Waals surface area (Å²) in [5.41, 5.74) is 5.32. The van der Waals surface area contributed by atoms with E-state index in [1.54, 1.807) is 14.2 Å². The number of hydrogen-bond donors (Lipinski definition) is 1. The Morgan fingerprint density at radius 2 is 1.83 bits per heavy atom. The minimum atomic E-state index is 0.751. The number of benzene rings is 1. The van der Waals surface area contributed by atoms with Crippen molar-refractivity contribution in [2.45, 2.75) is 33.4 Å². The van der Waals surface area contributed by atoms with E-state index in [1.807, 2.05) is 12.1 Å². The molecule has 0 amide bonds. The first kappa shape index (κ1) is 17.6. The zero-order valence-corrected chi connectivity index (χ0v) is 14.7. The van der Waals surface area contributed by atoms with E-state index in [9.17, 15) is 0 Å². The van der Waals surface area contributed by atoms with Gasteiger partial charge < -0.3 is 19.4 Å². The Labute approximate surface area is 139 Å². The minimum Gasteiger partial charge on any atom is -0.497 e. The molecule has 0 saturated carbocycles. The standard InChI is InChI=1S/C19H28N2O2/c1-15-13-18(16(2)21(15)11-12-22-3)14-20-10-9-17-5-7-19(23-4)8-6-17/h5-8,13,20H,9-12,14H2,1-4H3. The van der Waals surface area contributed by atoms with Gasteiger partial charge in [0, 0.05) is 31.6 Å². The molecule has 0 radical (unpaired) electrons. The summed E-state index contributed by atoms with van der Waals surface area (Å²) in [5.74, 6) is 0.908. The Morgan fingerprint density at radius 3 is 2.48 bits per heavy atom. The molecule has 0 fully saturated rings. The van der Waals surface area contributed by atoms with Gasteiger partial charge in [0.1, 0.15) is 5.75 Å². The molecule has 0 unspecified atom stereocenters. The lowest BCUT2D eigenvalue weighted by molar-refractivity contribution is 0.186. The van der Waals surface area contributed by atoms with Crippen molar-refractivity contribution in [1.82, 2.24) is 9.88 Å². The van der Waals surface area contributed by atoms with Crippen LogP contribution in [0, 0.1) is 13.8 Å². The normalized spacial score (nSPS) is 11.0. The molecule has 0 aliphatic heterocycles. The van der Waals surface area contributed by atoms with Crippen LogP contribution in [-0.2, 0) is 24.2 Å². The van der Waals surface area contributed by atoms with Crippen LogP contribution in [0.5, 0.6) is 5.75 Å². The SMILES string of the molecule is COCCn1c(C)cc(CNCCc2ccc(OC)cc2)c1C. The van der Waals surface area contributed by atoms with Crippen molar-refractivity contribution in [2.75, 3.05) is 27.4 Å². The predicted molar refractivity (Wildman–Crippen MR) is 94.2 cm³/mol. The fourth-order valence-electron chi connectivity index (χ4n) is 2.83. The number of hydrogen-bond acceptors (Lipinski definition) is 3. The zero-order valence-electron chi connectivity index (χ0n) is 14.7. The molecule has 0 spiro atoms. The highest BCUT2D eigenvalue weighted by atomic mass is 16.5. The third-order valence-electron chi connectivity index (χ3n) is 4.26. The van der Waals surface area contributed by atoms with Gasteiger partial charge >= 0.3 is 0 Å². The van der Waals surface area contributed by atoms with Gasteiger partial charge in [0.15, 0.2) is 0 Å². The average Bonchev–Trinajstić information content (AvgIpc) is 2.84. The summed E-state index contributed by atoms with van der Waals surface area (Å²) in [6.07, 6.45) is 1.02. The molecule has 1 N–H and O–H groups in total. The van der Waals surface area contributed by atoms with E-state index in [-0.39, 0.29) is 0 Å². The Morgan fingerprint density at radius 1 is 1.09 bits per heavy atom. The number of methoxy groups -OCH3 is 2. The van der Waals surface area contributed by atoms with Crippen LogP contribution in [0.15, 0.2) is 30.3 Å². The molecule has 1 heterocycles. The summed E-state index contributed by atoms with van der Waals surface area (Å²) in [4.78, 5) is 0. The fraction of sp³-hybridized carbons (Fsp3) is 0.474. The molecule has 0 saturated heterocycles. The van der Waals surface area contributed by atoms with Crippen LogP contribution in [-0.4, -0.2) is 31.9 Å². The van der Waals surface area contributed by atoms with Gasteiger partial charge in [-0.25, -0.2) is 0 Å². The number of rotatable bonds is 9. The molecule has 0 aliphatic carbocycles. The van der Waals surface area contributed by atoms with Crippen molar-refractivity contribution < 1.29 is 9.47 Å². The number of nitrogens with zero attached hydrogens (tertiary/aromatic N) is 1. The molecule has 1 aromatic heterocycles. The lowest BCUT2D eigenvalue weighted by atomic mass is 10.1. The van der Waals surface area contributed by atoms with Crippen molar-refractivity contribution in [3.8, 4) is 5.75 Å². The second-order valence-electron chi connectivity index (χ2n) is 5.82. The van der Waals surface area contributed by atoms with Gasteiger partial charge in [-0.3, -0.25) is 0 Å². The third kappa shape index (κ3) is 4.85. The molecular formula is C19H28N2O2. The molecule has 1 aromatic carbocycles. The van der Waals surface area contributed by atoms with E-state index in [1.165, 1.54) is 22.5 Å². The number of ether oxygens (including phenoxy) is 2. The van der Waals surface area contributed by atoms with E-state index in [0.29, 0.717) is 0 Å². The summed E-state index contributed by atoms with van der Waals surface area (Å²) >= 11 is 0. The van der Waals surface area contributed by atoms with Crippen LogP contribution in [0.1, 0.15) is 22.5 Å². The highest BCUT2D eigenvalue weighted by molar-refractivity contribution is 5.28. The van der Waals surface area contributed by atoms with Crippen LogP contribution >= 0.6 is 0 Å². The molecule has 4 nitrogen and oxygen atoms in total. The van der Waals surface area contributed by atoms with Crippen LogP contribution in [0.2, 0.25) is 0 Å². The van der Waals surface area contributed by atoms with Gasteiger partial charge in [0.2, 0.25) is 0 Å². The van der Waals surface area contributed by atoms with Gasteiger partial charge in [-0.05, 0) is 56.1 Å². The number of nitrogens with one attached hydrogen (secondary N) is 1. The minimum absolute atomic E-state index is 0.751. The summed E-state index contributed by atoms with van der Waals surface area (Å²) in [6.45, 7) is 7.88. The van der Waals surface area contributed by atoms with Crippen molar-refractivity contribution in [2.24, 2.45) is 0 Å². The molecule has 0 aliphatic rings. The summed E-state index contributed by atoms with van der Waals surface area (Å²) < 4.78 is 12.7. The fourth-order valence-corrected chi connectivity index (χ4v) is 2.83. The first-order valence-electron chi connectivity index (χ1n) is 8.14. The molecule has 2 rings (SSSR count). The van der Waals surface area contributed by atoms with Gasteiger partial charge in [-0.1, -0.05) is 12.1 Å². The quantitative estimate of drug-likeness (QED) is 0.722. The highest BCUT2D eigenvalue weighted by Crippen LogP contribution is 2.15. The molecule has 126 valence electrons. The van der Waals surface area contributed by atoms with Gasteiger partial charge in [0.25, 0.3) is 0 Å². The first-order valence-corrected chi connectivity index (χ1v) is 8.14. The smallest absolute Gasteiger partial charge is 0.118 e. The second kappa shape index (κ2) is 8.75. The van der Waals surface area contributed by atoms with Gasteiger partial charge in [-0.2, -0.15) is 0 Å². The van der Waals surface area contributed by atoms with Crippen molar-refractivity contribution in [1.29, 1.82) is 0 Å². The maximum Gasteiger partial charge on any atom is 0.118 e. The summed E-state index contributed by atoms with van der Waals surface area (Å²) in [7, 11) is 3.44. The molecule has 23 heavy (non-hydrogen) atoms. The van der Waals surface area contributed by atoms with E-state index < -0.39 is 0 Å². The Bertz CT molecular complexity index is 603. The second-order valence-corrected chi connectivity index (χ2v) is 5.82. The Kier molecular flexibility index (Phi) is 6.68. The lowest BCUT2D eigenvalue weighted by Crippen LogP contribution is -2.17. The molecule has 0 atom stereocenters. The van der Waals surface area contributed by atoms with Crippen molar-refractivity contribution >= 4 is 0 Å². The Balaban J connectivity index is 1.81. The highest BCUT2D eigenvalue weighted by Gasteiger charge is 2.08. The number of aromatic nitrogens is 1. The summed E-state index contributed by atoms with van der Waals surface area (Å²) in [6, 6.07) is 10.5. The Hall–Kier alpha value is -1.78. The monoisotopic (exact) mass is 316 g/mol. The predicted octanol–water partition coefficient (Wildman–Crippen LogP) is 3.09. The van der Waals surface area contributed by atoms with E-state index in [2.05, 4.69) is 41.9 Å². The van der Waals surface area contributed by atoms with Crippen LogP contribution < -0.4 is 10.1 Å². The molecule has 4 heteroatoms. The van der Waals surface area contributed by atoms with E-state index in [4.69, 9.17) is 9.47 Å². The lowest BCUT2D eigenvalue weighted by Gasteiger charge is -2.09. The van der Waals surface area contributed by atoms with Crippen LogP contribution in [0.3, 0.4) is 0 Å². The molecular weight excluding hydrogens is 288 g/mol. The van der Waals surface area contributed by atoms with Gasteiger partial charge in [0.05, 0.1) is 13.7 Å². The maximum absolute atomic E-state index is 5.18. The first-order chi connectivity index (χ1) is 11.2. The topological polar surface area (TPSA) is 35.4 Å².